The predicted octanol–water partition coefficient (Wildman–Crippen LogP) is 2.42. The first-order valence-electron chi connectivity index (χ1n) is 6.41. The average Bonchev–Trinajstić information content (AvgIpc) is 2.38. The van der Waals surface area contributed by atoms with Crippen molar-refractivity contribution in [2.45, 2.75) is 25.9 Å². The number of fused-ring (bicyclic) bond motifs is 1. The quantitative estimate of drug-likeness (QED) is 0.869. The van der Waals surface area contributed by atoms with Gasteiger partial charge in [0.2, 0.25) is 0 Å². The maximum atomic E-state index is 11.3. The van der Waals surface area contributed by atoms with E-state index in [0.29, 0.717) is 6.04 Å². The third-order valence-corrected chi connectivity index (χ3v) is 3.92. The fourth-order valence-electron chi connectivity index (χ4n) is 2.19. The molecule has 0 bridgehead atoms. The van der Waals surface area contributed by atoms with Crippen LogP contribution in [0.2, 0.25) is 0 Å². The Kier molecular flexibility index (Phi) is 4.71. The summed E-state index contributed by atoms with van der Waals surface area (Å²) in [5.41, 5.74) is 1.91. The first kappa shape index (κ1) is 14.2. The Morgan fingerprint density at radius 3 is 3.00 bits per heavy atom. The van der Waals surface area contributed by atoms with Crippen LogP contribution in [0, 0.1) is 0 Å². The normalized spacial score (nSPS) is 17.1. The minimum Gasteiger partial charge on any atom is -0.482 e. The topological polar surface area (TPSA) is 50.4 Å². The van der Waals surface area contributed by atoms with Crippen LogP contribution in [0.15, 0.2) is 18.2 Å². The summed E-state index contributed by atoms with van der Waals surface area (Å²) in [6, 6.07) is 6.63. The molecule has 5 heteroatoms. The van der Waals surface area contributed by atoms with Gasteiger partial charge in [0.1, 0.15) is 5.75 Å². The molecular formula is C14H20N2O2S. The van der Waals surface area contributed by atoms with E-state index in [4.69, 9.17) is 4.74 Å². The molecule has 1 aromatic carbocycles. The number of hydrogen-bond donors (Lipinski definition) is 2. The molecule has 0 fully saturated rings. The Morgan fingerprint density at radius 2 is 2.26 bits per heavy atom. The van der Waals surface area contributed by atoms with Crippen molar-refractivity contribution in [3.8, 4) is 5.75 Å². The van der Waals surface area contributed by atoms with Crippen LogP contribution < -0.4 is 15.4 Å². The molecule has 2 atom stereocenters. The van der Waals surface area contributed by atoms with E-state index < -0.39 is 0 Å². The van der Waals surface area contributed by atoms with E-state index in [0.717, 1.165) is 22.8 Å². The van der Waals surface area contributed by atoms with Gasteiger partial charge in [-0.05, 0) is 37.8 Å². The maximum Gasteiger partial charge on any atom is 0.262 e. The summed E-state index contributed by atoms with van der Waals surface area (Å²) in [4.78, 5) is 11.3. The van der Waals surface area contributed by atoms with Crippen molar-refractivity contribution >= 4 is 23.4 Å². The summed E-state index contributed by atoms with van der Waals surface area (Å²) in [5.74, 6) is 1.73. The molecule has 0 radical (unpaired) electrons. The number of carbonyl (C=O) groups is 1. The van der Waals surface area contributed by atoms with Gasteiger partial charge in [-0.3, -0.25) is 4.79 Å². The molecule has 1 heterocycles. The third-order valence-electron chi connectivity index (χ3n) is 3.09. The molecule has 4 nitrogen and oxygen atoms in total. The van der Waals surface area contributed by atoms with Gasteiger partial charge in [0.05, 0.1) is 5.69 Å². The lowest BCUT2D eigenvalue weighted by molar-refractivity contribution is -0.118. The first-order valence-corrected chi connectivity index (χ1v) is 7.81. The van der Waals surface area contributed by atoms with Crippen molar-refractivity contribution in [2.24, 2.45) is 0 Å². The summed E-state index contributed by atoms with van der Waals surface area (Å²) in [6.07, 6.45) is 2.11. The molecule has 0 saturated heterocycles. The lowest BCUT2D eigenvalue weighted by atomic mass is 10.1. The van der Waals surface area contributed by atoms with Crippen LogP contribution in [0.4, 0.5) is 5.69 Å². The fourth-order valence-corrected chi connectivity index (χ4v) is 2.79. The van der Waals surface area contributed by atoms with Crippen LogP contribution >= 0.6 is 11.8 Å². The zero-order valence-corrected chi connectivity index (χ0v) is 12.3. The van der Waals surface area contributed by atoms with Crippen molar-refractivity contribution in [1.82, 2.24) is 5.32 Å². The van der Waals surface area contributed by atoms with Gasteiger partial charge in [-0.1, -0.05) is 6.07 Å². The molecular weight excluding hydrogens is 260 g/mol. The molecule has 2 rings (SSSR count). The molecule has 1 amide bonds. The smallest absolute Gasteiger partial charge is 0.262 e. The number of nitrogens with one attached hydrogen (secondary N) is 2. The Hall–Kier alpha value is -1.20. The molecule has 0 saturated carbocycles. The van der Waals surface area contributed by atoms with Crippen molar-refractivity contribution in [3.63, 3.8) is 0 Å². The number of hydrogen-bond acceptors (Lipinski definition) is 4. The van der Waals surface area contributed by atoms with E-state index in [9.17, 15) is 4.79 Å². The molecule has 19 heavy (non-hydrogen) atoms. The minimum absolute atomic E-state index is 0.0963. The highest BCUT2D eigenvalue weighted by Gasteiger charge is 2.17. The standard InChI is InChI=1S/C14H20N2O2S/c1-9(8-19-3)15-10(2)11-4-5-13-12(6-11)16-14(17)7-18-13/h4-6,9-10,15H,7-8H2,1-3H3,(H,16,17). The van der Waals surface area contributed by atoms with Crippen LogP contribution in [0.25, 0.3) is 0 Å². The van der Waals surface area contributed by atoms with Gasteiger partial charge in [0.15, 0.2) is 6.61 Å². The lowest BCUT2D eigenvalue weighted by Gasteiger charge is -2.23. The number of benzene rings is 1. The van der Waals surface area contributed by atoms with Crippen molar-refractivity contribution in [2.75, 3.05) is 23.9 Å². The fraction of sp³-hybridized carbons (Fsp3) is 0.500. The number of anilines is 1. The summed E-state index contributed by atoms with van der Waals surface area (Å²) in [7, 11) is 0. The average molecular weight is 280 g/mol. The highest BCUT2D eigenvalue weighted by molar-refractivity contribution is 7.98. The first-order chi connectivity index (χ1) is 9.10. The van der Waals surface area contributed by atoms with Crippen molar-refractivity contribution in [3.05, 3.63) is 23.8 Å². The van der Waals surface area contributed by atoms with Crippen molar-refractivity contribution in [1.29, 1.82) is 0 Å². The largest absolute Gasteiger partial charge is 0.482 e. The molecule has 1 aliphatic rings. The molecule has 1 aromatic rings. The molecule has 104 valence electrons. The van der Waals surface area contributed by atoms with Gasteiger partial charge in [-0.25, -0.2) is 0 Å². The summed E-state index contributed by atoms with van der Waals surface area (Å²) in [6.45, 7) is 4.41. The second-order valence-electron chi connectivity index (χ2n) is 4.84. The van der Waals surface area contributed by atoms with Gasteiger partial charge in [-0.2, -0.15) is 11.8 Å². The van der Waals surface area contributed by atoms with E-state index in [-0.39, 0.29) is 18.6 Å². The number of thioether (sulfide) groups is 1. The van der Waals surface area contributed by atoms with Crippen LogP contribution in [0.1, 0.15) is 25.5 Å². The Morgan fingerprint density at radius 1 is 1.47 bits per heavy atom. The van der Waals surface area contributed by atoms with Crippen LogP contribution in [0.5, 0.6) is 5.75 Å². The van der Waals surface area contributed by atoms with Crippen LogP contribution in [-0.2, 0) is 4.79 Å². The predicted molar refractivity (Wildman–Crippen MR) is 80.0 cm³/mol. The van der Waals surface area contributed by atoms with E-state index in [1.54, 1.807) is 0 Å². The van der Waals surface area contributed by atoms with Gasteiger partial charge in [-0.15, -0.1) is 0 Å². The number of rotatable bonds is 5. The Balaban J connectivity index is 2.08. The highest BCUT2D eigenvalue weighted by atomic mass is 32.2. The molecule has 1 aliphatic heterocycles. The minimum atomic E-state index is -0.0963. The molecule has 0 aromatic heterocycles. The van der Waals surface area contributed by atoms with E-state index >= 15 is 0 Å². The van der Waals surface area contributed by atoms with E-state index in [1.165, 1.54) is 0 Å². The van der Waals surface area contributed by atoms with E-state index in [1.807, 2.05) is 30.0 Å². The van der Waals surface area contributed by atoms with Crippen LogP contribution in [-0.4, -0.2) is 30.6 Å². The van der Waals surface area contributed by atoms with E-state index in [2.05, 4.69) is 30.7 Å². The number of ether oxygens (including phenoxy) is 1. The molecule has 0 aliphatic carbocycles. The SMILES string of the molecule is CSCC(C)NC(C)c1ccc2c(c1)NC(=O)CO2. The second kappa shape index (κ2) is 6.30. The van der Waals surface area contributed by atoms with Gasteiger partial charge < -0.3 is 15.4 Å². The van der Waals surface area contributed by atoms with Crippen molar-refractivity contribution < 1.29 is 9.53 Å². The van der Waals surface area contributed by atoms with Gasteiger partial charge >= 0.3 is 0 Å². The van der Waals surface area contributed by atoms with Gasteiger partial charge in [0.25, 0.3) is 5.91 Å². The monoisotopic (exact) mass is 280 g/mol. The molecule has 0 spiro atoms. The summed E-state index contributed by atoms with van der Waals surface area (Å²) in [5, 5.41) is 6.38. The van der Waals surface area contributed by atoms with Crippen LogP contribution in [0.3, 0.4) is 0 Å². The highest BCUT2D eigenvalue weighted by Crippen LogP contribution is 2.30. The lowest BCUT2D eigenvalue weighted by Crippen LogP contribution is -2.31. The Bertz CT molecular complexity index is 465. The zero-order chi connectivity index (χ0) is 13.8. The second-order valence-corrected chi connectivity index (χ2v) is 5.75. The summed E-state index contributed by atoms with van der Waals surface area (Å²) < 4.78 is 5.35. The number of carbonyl (C=O) groups excluding carboxylic acids is 1. The zero-order valence-electron chi connectivity index (χ0n) is 11.5. The molecule has 2 N–H and O–H groups in total. The maximum absolute atomic E-state index is 11.3. The summed E-state index contributed by atoms with van der Waals surface area (Å²) >= 11 is 1.83. The Labute approximate surface area is 118 Å². The van der Waals surface area contributed by atoms with Gasteiger partial charge in [0, 0.05) is 17.8 Å². The molecule has 2 unspecified atom stereocenters. The number of amides is 1. The third kappa shape index (κ3) is 3.64.